The number of likely N-dealkylation sites (tertiary alicyclic amines) is 1. The molecule has 1 aromatic heterocycles. The number of furan rings is 1. The molecule has 1 saturated heterocycles. The van der Waals surface area contributed by atoms with Gasteiger partial charge in [-0.25, -0.2) is 0 Å². The van der Waals surface area contributed by atoms with Crippen molar-refractivity contribution in [3.05, 3.63) is 64.1 Å². The van der Waals surface area contributed by atoms with Crippen molar-refractivity contribution in [2.45, 2.75) is 33.2 Å². The lowest BCUT2D eigenvalue weighted by Gasteiger charge is -2.25. The molecule has 3 rings (SSSR count). The first-order valence-corrected chi connectivity index (χ1v) is 10.6. The summed E-state index contributed by atoms with van der Waals surface area (Å²) in [6.07, 6.45) is 0.714. The molecule has 30 heavy (non-hydrogen) atoms. The van der Waals surface area contributed by atoms with Crippen LogP contribution in [0, 0.1) is 6.92 Å². The molecule has 0 spiro atoms. The number of nitrogens with zero attached hydrogens (tertiary/aromatic N) is 2. The van der Waals surface area contributed by atoms with Crippen LogP contribution in [0.15, 0.2) is 46.4 Å². The molecule has 6 nitrogen and oxygen atoms in total. The van der Waals surface area contributed by atoms with Gasteiger partial charge in [-0.15, -0.1) is 0 Å². The Bertz CT molecular complexity index is 944. The number of aliphatic hydroxyl groups excluding tert-OH is 1. The largest absolute Gasteiger partial charge is 0.507 e. The fourth-order valence-corrected chi connectivity index (χ4v) is 3.90. The van der Waals surface area contributed by atoms with E-state index in [-0.39, 0.29) is 11.3 Å². The Balaban J connectivity index is 1.99. The lowest BCUT2D eigenvalue weighted by molar-refractivity contribution is -0.140. The Hall–Kier alpha value is -2.57. The van der Waals surface area contributed by atoms with Crippen molar-refractivity contribution in [3.8, 4) is 0 Å². The number of amides is 1. The number of benzene rings is 1. The average molecular weight is 431 g/mol. The van der Waals surface area contributed by atoms with Gasteiger partial charge in [0.1, 0.15) is 23.3 Å². The van der Waals surface area contributed by atoms with Crippen LogP contribution in [0.4, 0.5) is 0 Å². The first-order chi connectivity index (χ1) is 14.4. The maximum Gasteiger partial charge on any atom is 0.295 e. The fraction of sp³-hybridized carbons (Fsp3) is 0.391. The number of rotatable bonds is 8. The molecule has 1 unspecified atom stereocenters. The van der Waals surface area contributed by atoms with E-state index < -0.39 is 17.7 Å². The van der Waals surface area contributed by atoms with Gasteiger partial charge in [0.25, 0.3) is 11.7 Å². The minimum atomic E-state index is -0.758. The summed E-state index contributed by atoms with van der Waals surface area (Å²) in [4.78, 5) is 29.5. The molecule has 2 aromatic rings. The number of aliphatic hydroxyl groups is 1. The van der Waals surface area contributed by atoms with E-state index in [9.17, 15) is 14.7 Å². The van der Waals surface area contributed by atoms with E-state index in [4.69, 9.17) is 16.0 Å². The molecule has 0 aliphatic carbocycles. The number of Topliss-reactive ketones (excluding diaryl/α,β-unsaturated/α-hetero) is 1. The molecular formula is C23H27ClN2O4. The third kappa shape index (κ3) is 4.45. The molecule has 1 fully saturated rings. The molecule has 7 heteroatoms. The van der Waals surface area contributed by atoms with Crippen LogP contribution in [0.2, 0.25) is 5.02 Å². The van der Waals surface area contributed by atoms with Crippen LogP contribution in [0.25, 0.3) is 5.76 Å². The minimum absolute atomic E-state index is 0.0412. The zero-order valence-electron chi connectivity index (χ0n) is 17.5. The van der Waals surface area contributed by atoms with Gasteiger partial charge in [-0.3, -0.25) is 9.59 Å². The first-order valence-electron chi connectivity index (χ1n) is 10.2. The molecule has 0 radical (unpaired) electrons. The molecule has 1 N–H and O–H groups in total. The van der Waals surface area contributed by atoms with Gasteiger partial charge in [0.15, 0.2) is 0 Å². The van der Waals surface area contributed by atoms with Crippen molar-refractivity contribution in [1.29, 1.82) is 0 Å². The van der Waals surface area contributed by atoms with Crippen molar-refractivity contribution < 1.29 is 19.1 Å². The molecule has 1 aliphatic rings. The number of halogens is 1. The van der Waals surface area contributed by atoms with Gasteiger partial charge in [0, 0.05) is 17.1 Å². The molecule has 0 saturated carbocycles. The van der Waals surface area contributed by atoms with E-state index in [1.165, 1.54) is 4.90 Å². The van der Waals surface area contributed by atoms with Crippen molar-refractivity contribution in [1.82, 2.24) is 9.80 Å². The minimum Gasteiger partial charge on any atom is -0.507 e. The van der Waals surface area contributed by atoms with Gasteiger partial charge >= 0.3 is 0 Å². The third-order valence-corrected chi connectivity index (χ3v) is 5.71. The smallest absolute Gasteiger partial charge is 0.295 e. The molecule has 2 heterocycles. The van der Waals surface area contributed by atoms with E-state index >= 15 is 0 Å². The molecule has 1 aliphatic heterocycles. The number of aryl methyl sites for hydroxylation is 1. The standard InChI is InChI=1S/C23H27ClN2O4/c1-4-25(5-2)13-6-14-26-20(18-12-7-15(3)30-18)19(22(28)23(26)29)21(27)16-8-10-17(24)11-9-16/h7-12,20,27H,4-6,13-14H2,1-3H3/b21-19-. The summed E-state index contributed by atoms with van der Waals surface area (Å²) in [5, 5.41) is 11.4. The normalized spacial score (nSPS) is 18.6. The molecular weight excluding hydrogens is 404 g/mol. The lowest BCUT2D eigenvalue weighted by Crippen LogP contribution is -2.33. The predicted molar refractivity (Wildman–Crippen MR) is 116 cm³/mol. The van der Waals surface area contributed by atoms with Gasteiger partial charge < -0.3 is 19.3 Å². The van der Waals surface area contributed by atoms with Crippen LogP contribution >= 0.6 is 11.6 Å². The van der Waals surface area contributed by atoms with Crippen molar-refractivity contribution >= 4 is 29.1 Å². The Labute approximate surface area is 181 Å². The van der Waals surface area contributed by atoms with Crippen LogP contribution < -0.4 is 0 Å². The van der Waals surface area contributed by atoms with Crippen molar-refractivity contribution in [2.24, 2.45) is 0 Å². The molecule has 0 bridgehead atoms. The van der Waals surface area contributed by atoms with Crippen LogP contribution in [-0.2, 0) is 9.59 Å². The van der Waals surface area contributed by atoms with Gasteiger partial charge in [0.05, 0.1) is 5.57 Å². The second-order valence-corrected chi connectivity index (χ2v) is 7.76. The zero-order valence-corrected chi connectivity index (χ0v) is 18.3. The Kier molecular flexibility index (Phi) is 7.00. The lowest BCUT2D eigenvalue weighted by atomic mass is 9.99. The molecule has 1 amide bonds. The first kappa shape index (κ1) is 22.1. The Morgan fingerprint density at radius 3 is 2.37 bits per heavy atom. The number of carbonyl (C=O) groups excluding carboxylic acids is 2. The highest BCUT2D eigenvalue weighted by atomic mass is 35.5. The average Bonchev–Trinajstić information content (AvgIpc) is 3.27. The summed E-state index contributed by atoms with van der Waals surface area (Å²) >= 11 is 5.94. The van der Waals surface area contributed by atoms with Crippen LogP contribution in [-0.4, -0.2) is 52.8 Å². The number of hydrogen-bond donors (Lipinski definition) is 1. The highest BCUT2D eigenvalue weighted by Crippen LogP contribution is 2.40. The number of carbonyl (C=O) groups is 2. The quantitative estimate of drug-likeness (QED) is 0.382. The SMILES string of the molecule is CCN(CC)CCCN1C(=O)C(=O)/C(=C(\O)c2ccc(Cl)cc2)C1c1ccc(C)o1. The van der Waals surface area contributed by atoms with Crippen LogP contribution in [0.5, 0.6) is 0 Å². The number of ketones is 1. The summed E-state index contributed by atoms with van der Waals surface area (Å²) < 4.78 is 5.78. The van der Waals surface area contributed by atoms with E-state index in [1.54, 1.807) is 43.3 Å². The predicted octanol–water partition coefficient (Wildman–Crippen LogP) is 4.40. The van der Waals surface area contributed by atoms with E-state index in [0.29, 0.717) is 35.1 Å². The maximum absolute atomic E-state index is 12.9. The highest BCUT2D eigenvalue weighted by molar-refractivity contribution is 6.46. The van der Waals surface area contributed by atoms with Crippen LogP contribution in [0.3, 0.4) is 0 Å². The van der Waals surface area contributed by atoms with Crippen molar-refractivity contribution in [2.75, 3.05) is 26.2 Å². The van der Waals surface area contributed by atoms with Crippen LogP contribution in [0.1, 0.15) is 43.4 Å². The second kappa shape index (κ2) is 9.49. The topological polar surface area (TPSA) is 74.0 Å². The summed E-state index contributed by atoms with van der Waals surface area (Å²) in [6, 6.07) is 9.27. The van der Waals surface area contributed by atoms with Gasteiger partial charge in [-0.05, 0) is 69.4 Å². The summed E-state index contributed by atoms with van der Waals surface area (Å²) in [7, 11) is 0. The monoisotopic (exact) mass is 430 g/mol. The molecule has 160 valence electrons. The summed E-state index contributed by atoms with van der Waals surface area (Å²) in [5.74, 6) is -0.418. The maximum atomic E-state index is 12.9. The molecule has 1 atom stereocenters. The summed E-state index contributed by atoms with van der Waals surface area (Å²) in [5.41, 5.74) is 0.466. The highest BCUT2D eigenvalue weighted by Gasteiger charge is 2.47. The third-order valence-electron chi connectivity index (χ3n) is 5.46. The van der Waals surface area contributed by atoms with Gasteiger partial charge in [-0.2, -0.15) is 0 Å². The summed E-state index contributed by atoms with van der Waals surface area (Å²) in [6.45, 7) is 9.04. The van der Waals surface area contributed by atoms with Crippen molar-refractivity contribution in [3.63, 3.8) is 0 Å². The molecule has 1 aromatic carbocycles. The Morgan fingerprint density at radius 1 is 1.13 bits per heavy atom. The van der Waals surface area contributed by atoms with E-state index in [0.717, 1.165) is 19.6 Å². The number of hydrogen-bond acceptors (Lipinski definition) is 5. The Morgan fingerprint density at radius 2 is 1.80 bits per heavy atom. The zero-order chi connectivity index (χ0) is 21.8. The second-order valence-electron chi connectivity index (χ2n) is 7.33. The van der Waals surface area contributed by atoms with Gasteiger partial charge in [-0.1, -0.05) is 25.4 Å². The van der Waals surface area contributed by atoms with E-state index in [1.807, 2.05) is 0 Å². The fourth-order valence-electron chi connectivity index (χ4n) is 3.77. The van der Waals surface area contributed by atoms with E-state index in [2.05, 4.69) is 18.7 Å². The van der Waals surface area contributed by atoms with Gasteiger partial charge in [0.2, 0.25) is 0 Å².